The average Bonchev–Trinajstić information content (AvgIpc) is 2.79. The van der Waals surface area contributed by atoms with E-state index in [1.54, 1.807) is 0 Å². The van der Waals surface area contributed by atoms with Crippen LogP contribution in [0.1, 0.15) is 49.7 Å². The fraction of sp³-hybridized carbons (Fsp3) is 0.346. The summed E-state index contributed by atoms with van der Waals surface area (Å²) in [6.45, 7) is 4.34. The lowest BCUT2D eigenvalue weighted by Gasteiger charge is -2.38. The fourth-order valence-corrected chi connectivity index (χ4v) is 4.81. The van der Waals surface area contributed by atoms with Crippen LogP contribution in [0.2, 0.25) is 0 Å². The van der Waals surface area contributed by atoms with Crippen molar-refractivity contribution in [3.8, 4) is 5.75 Å². The van der Waals surface area contributed by atoms with Gasteiger partial charge in [-0.3, -0.25) is 9.79 Å². The summed E-state index contributed by atoms with van der Waals surface area (Å²) in [6.07, 6.45) is 1.15. The number of allylic oxidation sites excluding steroid dienone is 1. The molecule has 0 radical (unpaired) electrons. The smallest absolute Gasteiger partial charge is 0.336 e. The number of carbonyl (C=O) groups excluding carboxylic acids is 2. The standard InChI is InChI=1S/C26H27NO4/c1-4-31-20-12-10-18(11-13-20)24-23(26(29)30-3)16(2)27-21-14-19(15-22(28)25(21)24)17-8-6-5-7-9-17/h5-13,19,24-25H,4,14-15H2,1-3H3/t19-,24-,25?/m1/s1. The highest BCUT2D eigenvalue weighted by Gasteiger charge is 2.45. The van der Waals surface area contributed by atoms with Crippen molar-refractivity contribution in [1.29, 1.82) is 0 Å². The maximum atomic E-state index is 13.4. The summed E-state index contributed by atoms with van der Waals surface area (Å²) in [6, 6.07) is 17.7. The Bertz CT molecular complexity index is 1040. The number of methoxy groups -OCH3 is 1. The molecule has 0 aromatic heterocycles. The Hall–Kier alpha value is -3.21. The highest BCUT2D eigenvalue weighted by molar-refractivity contribution is 6.12. The molecule has 2 aliphatic rings. The molecule has 3 atom stereocenters. The molecule has 5 nitrogen and oxygen atoms in total. The molecule has 1 fully saturated rings. The number of fused-ring (bicyclic) bond motifs is 1. The van der Waals surface area contributed by atoms with Gasteiger partial charge >= 0.3 is 5.97 Å². The van der Waals surface area contributed by atoms with Crippen LogP contribution in [0.3, 0.4) is 0 Å². The van der Waals surface area contributed by atoms with Gasteiger partial charge in [-0.05, 0) is 49.4 Å². The van der Waals surface area contributed by atoms with Gasteiger partial charge in [-0.2, -0.15) is 0 Å². The molecule has 1 unspecified atom stereocenters. The topological polar surface area (TPSA) is 65.0 Å². The molecule has 4 rings (SSSR count). The summed E-state index contributed by atoms with van der Waals surface area (Å²) in [5.41, 5.74) is 3.99. The van der Waals surface area contributed by atoms with E-state index in [2.05, 4.69) is 12.1 Å². The third-order valence-electron chi connectivity index (χ3n) is 6.18. The Morgan fingerprint density at radius 3 is 2.35 bits per heavy atom. The summed E-state index contributed by atoms with van der Waals surface area (Å²) in [7, 11) is 1.37. The van der Waals surface area contributed by atoms with E-state index in [9.17, 15) is 9.59 Å². The van der Waals surface area contributed by atoms with E-state index < -0.39 is 17.8 Å². The molecule has 1 heterocycles. The number of nitrogens with zero attached hydrogens (tertiary/aromatic N) is 1. The highest BCUT2D eigenvalue weighted by Crippen LogP contribution is 2.46. The summed E-state index contributed by atoms with van der Waals surface area (Å²) in [5.74, 6) is -0.299. The van der Waals surface area contributed by atoms with Gasteiger partial charge in [-0.15, -0.1) is 0 Å². The van der Waals surface area contributed by atoms with Crippen LogP contribution in [0.25, 0.3) is 0 Å². The minimum atomic E-state index is -0.448. The average molecular weight is 418 g/mol. The molecule has 2 aromatic rings. The summed E-state index contributed by atoms with van der Waals surface area (Å²) in [5, 5.41) is 0. The lowest BCUT2D eigenvalue weighted by atomic mass is 9.66. The molecule has 1 aliphatic heterocycles. The predicted molar refractivity (Wildman–Crippen MR) is 119 cm³/mol. The first-order valence-electron chi connectivity index (χ1n) is 10.7. The number of carbonyl (C=O) groups is 2. The lowest BCUT2D eigenvalue weighted by Crippen LogP contribution is -2.41. The molecular formula is C26H27NO4. The normalized spacial score (nSPS) is 23.1. The Morgan fingerprint density at radius 2 is 1.71 bits per heavy atom. The first-order valence-corrected chi connectivity index (χ1v) is 10.7. The Kier molecular flexibility index (Phi) is 6.03. The SMILES string of the molecule is CCOc1ccc([C@@H]2C(C(=O)OC)=C(C)N=C3C[C@@H](c4ccccc4)CC(=O)C32)cc1. The van der Waals surface area contributed by atoms with Gasteiger partial charge in [0.15, 0.2) is 0 Å². The number of ketones is 1. The van der Waals surface area contributed by atoms with Gasteiger partial charge in [-0.1, -0.05) is 42.5 Å². The van der Waals surface area contributed by atoms with Crippen molar-refractivity contribution in [2.75, 3.05) is 13.7 Å². The first-order chi connectivity index (χ1) is 15.0. The number of benzene rings is 2. The molecule has 0 amide bonds. The number of hydrogen-bond donors (Lipinski definition) is 0. The number of hydrogen-bond acceptors (Lipinski definition) is 5. The van der Waals surface area contributed by atoms with Gasteiger partial charge in [0.25, 0.3) is 0 Å². The van der Waals surface area contributed by atoms with E-state index >= 15 is 0 Å². The van der Waals surface area contributed by atoms with Crippen LogP contribution in [0.4, 0.5) is 0 Å². The Balaban J connectivity index is 1.76. The number of ether oxygens (including phenoxy) is 2. The van der Waals surface area contributed by atoms with Crippen molar-refractivity contribution in [3.63, 3.8) is 0 Å². The van der Waals surface area contributed by atoms with E-state index in [0.29, 0.717) is 30.7 Å². The van der Waals surface area contributed by atoms with E-state index in [1.807, 2.05) is 56.3 Å². The van der Waals surface area contributed by atoms with E-state index in [4.69, 9.17) is 14.5 Å². The predicted octanol–water partition coefficient (Wildman–Crippen LogP) is 4.83. The van der Waals surface area contributed by atoms with Crippen LogP contribution in [-0.2, 0) is 14.3 Å². The third kappa shape index (κ3) is 4.05. The van der Waals surface area contributed by atoms with Crippen molar-refractivity contribution in [2.24, 2.45) is 10.9 Å². The largest absolute Gasteiger partial charge is 0.494 e. The molecule has 0 spiro atoms. The van der Waals surface area contributed by atoms with Crippen LogP contribution in [0, 0.1) is 5.92 Å². The van der Waals surface area contributed by atoms with Crippen LogP contribution in [0.5, 0.6) is 5.75 Å². The highest BCUT2D eigenvalue weighted by atomic mass is 16.5. The van der Waals surface area contributed by atoms with Gasteiger partial charge < -0.3 is 9.47 Å². The van der Waals surface area contributed by atoms with Gasteiger partial charge in [0.1, 0.15) is 11.5 Å². The minimum absolute atomic E-state index is 0.108. The van der Waals surface area contributed by atoms with Gasteiger partial charge in [0.05, 0.1) is 25.2 Å². The second-order valence-electron chi connectivity index (χ2n) is 8.03. The molecule has 1 aliphatic carbocycles. The fourth-order valence-electron chi connectivity index (χ4n) is 4.81. The van der Waals surface area contributed by atoms with Crippen LogP contribution in [-0.4, -0.2) is 31.2 Å². The van der Waals surface area contributed by atoms with Crippen molar-refractivity contribution < 1.29 is 19.1 Å². The van der Waals surface area contributed by atoms with Crippen molar-refractivity contribution >= 4 is 17.5 Å². The molecule has 0 bridgehead atoms. The van der Waals surface area contributed by atoms with Crippen LogP contribution in [0.15, 0.2) is 70.9 Å². The number of rotatable bonds is 5. The zero-order chi connectivity index (χ0) is 22.0. The van der Waals surface area contributed by atoms with Crippen molar-refractivity contribution in [1.82, 2.24) is 0 Å². The zero-order valence-corrected chi connectivity index (χ0v) is 18.1. The maximum Gasteiger partial charge on any atom is 0.336 e. The molecule has 31 heavy (non-hydrogen) atoms. The maximum absolute atomic E-state index is 13.4. The Morgan fingerprint density at radius 1 is 1.00 bits per heavy atom. The quantitative estimate of drug-likeness (QED) is 0.654. The van der Waals surface area contributed by atoms with Gasteiger partial charge in [0, 0.05) is 23.7 Å². The van der Waals surface area contributed by atoms with Crippen LogP contribution >= 0.6 is 0 Å². The second-order valence-corrected chi connectivity index (χ2v) is 8.03. The zero-order valence-electron chi connectivity index (χ0n) is 18.1. The molecule has 1 saturated carbocycles. The molecular weight excluding hydrogens is 390 g/mol. The Labute approximate surface area is 182 Å². The summed E-state index contributed by atoms with van der Waals surface area (Å²) < 4.78 is 10.6. The molecule has 0 saturated heterocycles. The van der Waals surface area contributed by atoms with Crippen molar-refractivity contribution in [3.05, 3.63) is 77.0 Å². The van der Waals surface area contributed by atoms with Gasteiger partial charge in [-0.25, -0.2) is 4.79 Å². The molecule has 2 aromatic carbocycles. The van der Waals surface area contributed by atoms with Crippen molar-refractivity contribution in [2.45, 2.75) is 38.5 Å². The van der Waals surface area contributed by atoms with Gasteiger partial charge in [0.2, 0.25) is 0 Å². The summed E-state index contributed by atoms with van der Waals surface area (Å²) in [4.78, 5) is 30.9. The second kappa shape index (κ2) is 8.88. The minimum Gasteiger partial charge on any atom is -0.494 e. The summed E-state index contributed by atoms with van der Waals surface area (Å²) >= 11 is 0. The van der Waals surface area contributed by atoms with E-state index in [-0.39, 0.29) is 11.7 Å². The molecule has 160 valence electrons. The third-order valence-corrected chi connectivity index (χ3v) is 6.18. The molecule has 5 heteroatoms. The first kappa shape index (κ1) is 21.0. The number of Topliss-reactive ketones (excluding diaryl/α,β-unsaturated/α-hetero) is 1. The number of aliphatic imine (C=N–C) groups is 1. The molecule has 0 N–H and O–H groups in total. The number of esters is 1. The lowest BCUT2D eigenvalue weighted by molar-refractivity contribution is -0.136. The monoisotopic (exact) mass is 417 g/mol. The van der Waals surface area contributed by atoms with E-state index in [0.717, 1.165) is 22.6 Å². The van der Waals surface area contributed by atoms with Crippen LogP contribution < -0.4 is 4.74 Å². The van der Waals surface area contributed by atoms with E-state index in [1.165, 1.54) is 7.11 Å².